The van der Waals surface area contributed by atoms with Crippen molar-refractivity contribution in [2.45, 2.75) is 45.5 Å². The molecule has 0 saturated heterocycles. The second-order valence-electron chi connectivity index (χ2n) is 7.21. The van der Waals surface area contributed by atoms with Gasteiger partial charge in [-0.1, -0.05) is 43.4 Å². The van der Waals surface area contributed by atoms with Crippen LogP contribution in [0, 0.1) is 5.92 Å². The zero-order valence-electron chi connectivity index (χ0n) is 17.8. The van der Waals surface area contributed by atoms with Crippen LogP contribution in [-0.2, 0) is 25.6 Å². The highest BCUT2D eigenvalue weighted by molar-refractivity contribution is 5.81. The van der Waals surface area contributed by atoms with Gasteiger partial charge in [0.15, 0.2) is 0 Å². The minimum atomic E-state index is -0.312. The molecule has 158 valence electrons. The fraction of sp³-hybridized carbons (Fsp3) is 0.458. The SMILES string of the molecule is COc1ccc(CO[C@H]2[C@H](C)/C=C(/C)COC(=O)/C=C/CC/C=C/[C@@H]2OC)cc1. The molecule has 1 aromatic rings. The number of hydrogen-bond acceptors (Lipinski definition) is 5. The predicted molar refractivity (Wildman–Crippen MR) is 114 cm³/mol. The first-order valence-electron chi connectivity index (χ1n) is 9.98. The van der Waals surface area contributed by atoms with Crippen molar-refractivity contribution in [1.29, 1.82) is 0 Å². The molecular formula is C24H32O5. The Morgan fingerprint density at radius 1 is 1.10 bits per heavy atom. The molecule has 0 fully saturated rings. The molecule has 0 N–H and O–H groups in total. The number of esters is 1. The third kappa shape index (κ3) is 7.87. The maximum absolute atomic E-state index is 11.7. The van der Waals surface area contributed by atoms with Crippen LogP contribution in [0.1, 0.15) is 32.3 Å². The van der Waals surface area contributed by atoms with Gasteiger partial charge in [0.25, 0.3) is 0 Å². The lowest BCUT2D eigenvalue weighted by atomic mass is 9.96. The maximum atomic E-state index is 11.7. The second-order valence-corrected chi connectivity index (χ2v) is 7.21. The van der Waals surface area contributed by atoms with Crippen LogP contribution in [0.2, 0.25) is 0 Å². The number of carbonyl (C=O) groups is 1. The quantitative estimate of drug-likeness (QED) is 0.533. The van der Waals surface area contributed by atoms with E-state index in [1.807, 2.05) is 37.3 Å². The average molecular weight is 401 g/mol. The summed E-state index contributed by atoms with van der Waals surface area (Å²) in [4.78, 5) is 11.7. The first kappa shape index (κ1) is 22.9. The maximum Gasteiger partial charge on any atom is 0.330 e. The topological polar surface area (TPSA) is 54.0 Å². The number of benzene rings is 1. The van der Waals surface area contributed by atoms with Gasteiger partial charge >= 0.3 is 5.97 Å². The van der Waals surface area contributed by atoms with E-state index in [0.717, 1.165) is 29.7 Å². The number of methoxy groups -OCH3 is 2. The number of cyclic esters (lactones) is 1. The van der Waals surface area contributed by atoms with Gasteiger partial charge in [0.2, 0.25) is 0 Å². The molecule has 0 bridgehead atoms. The summed E-state index contributed by atoms with van der Waals surface area (Å²) >= 11 is 0. The van der Waals surface area contributed by atoms with Gasteiger partial charge in [0, 0.05) is 19.1 Å². The molecule has 1 aromatic carbocycles. The summed E-state index contributed by atoms with van der Waals surface area (Å²) in [6, 6.07) is 7.85. The van der Waals surface area contributed by atoms with Crippen molar-refractivity contribution < 1.29 is 23.7 Å². The molecule has 1 aliphatic rings. The molecular weight excluding hydrogens is 368 g/mol. The molecule has 0 unspecified atom stereocenters. The van der Waals surface area contributed by atoms with E-state index in [2.05, 4.69) is 25.2 Å². The summed E-state index contributed by atoms with van der Waals surface area (Å²) in [6.07, 6.45) is 10.8. The molecule has 29 heavy (non-hydrogen) atoms. The molecule has 1 aliphatic heterocycles. The Morgan fingerprint density at radius 3 is 2.52 bits per heavy atom. The zero-order valence-corrected chi connectivity index (χ0v) is 17.8. The molecule has 3 atom stereocenters. The Labute approximate surface area is 174 Å². The highest BCUT2D eigenvalue weighted by atomic mass is 16.5. The summed E-state index contributed by atoms with van der Waals surface area (Å²) < 4.78 is 22.6. The van der Waals surface area contributed by atoms with E-state index in [1.54, 1.807) is 14.2 Å². The van der Waals surface area contributed by atoms with Crippen LogP contribution < -0.4 is 4.74 Å². The number of carbonyl (C=O) groups excluding carboxylic acids is 1. The lowest BCUT2D eigenvalue weighted by Crippen LogP contribution is -2.34. The van der Waals surface area contributed by atoms with Crippen molar-refractivity contribution in [3.8, 4) is 5.75 Å². The number of allylic oxidation sites excluding steroid dienone is 2. The first-order valence-corrected chi connectivity index (χ1v) is 9.98. The number of rotatable bonds is 5. The van der Waals surface area contributed by atoms with Crippen LogP contribution in [0.4, 0.5) is 0 Å². The van der Waals surface area contributed by atoms with Crippen molar-refractivity contribution in [1.82, 2.24) is 0 Å². The standard InChI is InChI=1S/C24H32O5/c1-18-15-19(2)24(29-17-20-11-13-21(26-3)14-12-20)22(27-4)9-7-5-6-8-10-23(25)28-16-18/h7-15,19,22,24H,5-6,16-17H2,1-4H3/b9-7+,10-8+,18-15-/t19-,22+,24+/m1/s1. The van der Waals surface area contributed by atoms with Gasteiger partial charge in [-0.3, -0.25) is 0 Å². The average Bonchev–Trinajstić information content (AvgIpc) is 2.73. The van der Waals surface area contributed by atoms with Crippen LogP contribution in [0.15, 0.2) is 60.2 Å². The molecule has 1 heterocycles. The van der Waals surface area contributed by atoms with Gasteiger partial charge in [0.05, 0.1) is 19.8 Å². The third-order valence-corrected chi connectivity index (χ3v) is 4.78. The van der Waals surface area contributed by atoms with E-state index in [4.69, 9.17) is 18.9 Å². The summed E-state index contributed by atoms with van der Waals surface area (Å²) in [7, 11) is 3.35. The monoisotopic (exact) mass is 400 g/mol. The van der Waals surface area contributed by atoms with Crippen molar-refractivity contribution in [3.63, 3.8) is 0 Å². The van der Waals surface area contributed by atoms with Gasteiger partial charge < -0.3 is 18.9 Å². The fourth-order valence-electron chi connectivity index (χ4n) is 3.21. The van der Waals surface area contributed by atoms with Crippen LogP contribution in [0.25, 0.3) is 0 Å². The molecule has 5 nitrogen and oxygen atoms in total. The lowest BCUT2D eigenvalue weighted by Gasteiger charge is -2.28. The van der Waals surface area contributed by atoms with Gasteiger partial charge in [0.1, 0.15) is 18.5 Å². The Balaban J connectivity index is 2.18. The summed E-state index contributed by atoms with van der Waals surface area (Å²) in [6.45, 7) is 4.79. The van der Waals surface area contributed by atoms with Crippen molar-refractivity contribution in [3.05, 3.63) is 65.8 Å². The van der Waals surface area contributed by atoms with Gasteiger partial charge in [-0.2, -0.15) is 0 Å². The zero-order chi connectivity index (χ0) is 21.1. The van der Waals surface area contributed by atoms with Crippen LogP contribution in [0.5, 0.6) is 5.75 Å². The molecule has 0 radical (unpaired) electrons. The predicted octanol–water partition coefficient (Wildman–Crippen LogP) is 4.63. The van der Waals surface area contributed by atoms with E-state index < -0.39 is 0 Å². The summed E-state index contributed by atoms with van der Waals surface area (Å²) in [5.41, 5.74) is 2.05. The summed E-state index contributed by atoms with van der Waals surface area (Å²) in [5.74, 6) is 0.577. The largest absolute Gasteiger partial charge is 0.497 e. The normalized spacial score (nSPS) is 27.8. The van der Waals surface area contributed by atoms with Crippen LogP contribution >= 0.6 is 0 Å². The molecule has 0 amide bonds. The minimum absolute atomic E-state index is 0.0695. The number of ether oxygens (including phenoxy) is 4. The van der Waals surface area contributed by atoms with E-state index in [-0.39, 0.29) is 30.7 Å². The van der Waals surface area contributed by atoms with Gasteiger partial charge in [-0.15, -0.1) is 0 Å². The lowest BCUT2D eigenvalue weighted by molar-refractivity contribution is -0.136. The van der Waals surface area contributed by atoms with Gasteiger partial charge in [-0.05, 0) is 43.0 Å². The molecule has 0 aromatic heterocycles. The first-order chi connectivity index (χ1) is 14.0. The Hall–Kier alpha value is -2.37. The minimum Gasteiger partial charge on any atom is -0.497 e. The van der Waals surface area contributed by atoms with E-state index >= 15 is 0 Å². The van der Waals surface area contributed by atoms with E-state index in [9.17, 15) is 4.79 Å². The fourth-order valence-corrected chi connectivity index (χ4v) is 3.21. The third-order valence-electron chi connectivity index (χ3n) is 4.78. The molecule has 0 saturated carbocycles. The van der Waals surface area contributed by atoms with Crippen LogP contribution in [0.3, 0.4) is 0 Å². The van der Waals surface area contributed by atoms with Crippen molar-refractivity contribution >= 4 is 5.97 Å². The Morgan fingerprint density at radius 2 is 1.83 bits per heavy atom. The van der Waals surface area contributed by atoms with Crippen molar-refractivity contribution in [2.75, 3.05) is 20.8 Å². The Bertz CT molecular complexity index is 717. The van der Waals surface area contributed by atoms with Crippen LogP contribution in [-0.4, -0.2) is 39.0 Å². The smallest absolute Gasteiger partial charge is 0.330 e. The van der Waals surface area contributed by atoms with E-state index in [1.165, 1.54) is 6.08 Å². The van der Waals surface area contributed by atoms with Crippen molar-refractivity contribution in [2.24, 2.45) is 5.92 Å². The molecule has 2 rings (SSSR count). The summed E-state index contributed by atoms with van der Waals surface area (Å²) in [5, 5.41) is 0. The van der Waals surface area contributed by atoms with Gasteiger partial charge in [-0.25, -0.2) is 4.79 Å². The highest BCUT2D eigenvalue weighted by Crippen LogP contribution is 2.22. The van der Waals surface area contributed by atoms with E-state index in [0.29, 0.717) is 6.61 Å². The number of hydrogen-bond donors (Lipinski definition) is 0. The Kier molecular flexibility index (Phi) is 9.68. The molecule has 5 heteroatoms. The highest BCUT2D eigenvalue weighted by Gasteiger charge is 2.25. The molecule has 0 spiro atoms. The second kappa shape index (κ2) is 12.2. The molecule has 0 aliphatic carbocycles.